The Kier molecular flexibility index (Phi) is 3.29. The van der Waals surface area contributed by atoms with Crippen molar-refractivity contribution in [3.8, 4) is 10.6 Å². The number of nitrogens with zero attached hydrogens (tertiary/aromatic N) is 5. The van der Waals surface area contributed by atoms with Gasteiger partial charge in [0.05, 0.1) is 17.4 Å². The van der Waals surface area contributed by atoms with Gasteiger partial charge in [-0.1, -0.05) is 11.3 Å². The van der Waals surface area contributed by atoms with Crippen LogP contribution in [0.1, 0.15) is 30.0 Å². The van der Waals surface area contributed by atoms with Crippen LogP contribution in [0.2, 0.25) is 0 Å². The molecule has 0 amide bonds. The van der Waals surface area contributed by atoms with Crippen molar-refractivity contribution < 1.29 is 0 Å². The topological polar surface area (TPSA) is 60.0 Å². The fraction of sp³-hybridized carbons (Fsp3) is 0.450. The van der Waals surface area contributed by atoms with E-state index in [0.717, 1.165) is 38.3 Å². The first-order valence-corrected chi connectivity index (χ1v) is 10.5. The summed E-state index contributed by atoms with van der Waals surface area (Å²) in [5.41, 5.74) is 4.62. The quantitative estimate of drug-likeness (QED) is 0.581. The average Bonchev–Trinajstić information content (AvgIpc) is 3.38. The maximum Gasteiger partial charge on any atom is 0.212 e. The average molecular weight is 379 g/mol. The number of imidazole rings is 1. The van der Waals surface area contributed by atoms with Crippen molar-refractivity contribution in [2.24, 2.45) is 18.9 Å². The number of hydrogen-bond acceptors (Lipinski definition) is 5. The molecular weight excluding hydrogens is 356 g/mol. The van der Waals surface area contributed by atoms with Crippen molar-refractivity contribution in [3.63, 3.8) is 0 Å². The van der Waals surface area contributed by atoms with Gasteiger partial charge in [0, 0.05) is 30.1 Å². The molecule has 4 heterocycles. The van der Waals surface area contributed by atoms with Crippen LogP contribution in [-0.2, 0) is 7.05 Å². The van der Waals surface area contributed by atoms with Crippen molar-refractivity contribution in [1.82, 2.24) is 29.7 Å². The van der Waals surface area contributed by atoms with Crippen molar-refractivity contribution >= 4 is 27.2 Å². The third-order valence-corrected chi connectivity index (χ3v) is 7.27. The van der Waals surface area contributed by atoms with E-state index in [1.165, 1.54) is 37.2 Å². The van der Waals surface area contributed by atoms with Gasteiger partial charge in [0.1, 0.15) is 5.01 Å². The second-order valence-electron chi connectivity index (χ2n) is 8.18. The van der Waals surface area contributed by atoms with Gasteiger partial charge in [-0.25, -0.2) is 9.50 Å². The van der Waals surface area contributed by atoms with E-state index in [1.54, 1.807) is 11.3 Å². The summed E-state index contributed by atoms with van der Waals surface area (Å²) < 4.78 is 3.85. The van der Waals surface area contributed by atoms with Crippen molar-refractivity contribution in [3.05, 3.63) is 35.8 Å². The second kappa shape index (κ2) is 5.62. The number of rotatable bonds is 2. The Balaban J connectivity index is 1.34. The van der Waals surface area contributed by atoms with E-state index in [9.17, 15) is 0 Å². The van der Waals surface area contributed by atoms with E-state index in [0.29, 0.717) is 5.92 Å². The van der Waals surface area contributed by atoms with E-state index < -0.39 is 0 Å². The zero-order valence-corrected chi connectivity index (χ0v) is 16.3. The Bertz CT molecular complexity index is 1120. The minimum Gasteiger partial charge on any atom is -0.316 e. The lowest BCUT2D eigenvalue weighted by Gasteiger charge is -2.07. The third-order valence-electron chi connectivity index (χ3n) is 6.29. The number of aryl methyl sites for hydroxylation is 2. The van der Waals surface area contributed by atoms with Crippen molar-refractivity contribution in [2.45, 2.75) is 25.7 Å². The highest BCUT2D eigenvalue weighted by molar-refractivity contribution is 7.19. The monoisotopic (exact) mass is 378 g/mol. The number of hydrogen-bond donors (Lipinski definition) is 1. The van der Waals surface area contributed by atoms with Crippen LogP contribution < -0.4 is 5.32 Å². The summed E-state index contributed by atoms with van der Waals surface area (Å²) in [5.74, 6) is 2.29. The summed E-state index contributed by atoms with van der Waals surface area (Å²) in [6, 6.07) is 4.36. The van der Waals surface area contributed by atoms with Crippen LogP contribution in [0.15, 0.2) is 24.5 Å². The van der Waals surface area contributed by atoms with Crippen LogP contribution in [0, 0.1) is 18.8 Å². The maximum atomic E-state index is 4.94. The SMILES string of the molecule is Cc1cc(-c2nn3cc(C4C[C@@H]5CNC[C@H]5C4)nc3s2)cc2cn(C)nc12. The highest BCUT2D eigenvalue weighted by atomic mass is 32.1. The predicted octanol–water partition coefficient (Wildman–Crippen LogP) is 3.37. The molecule has 7 heteroatoms. The molecule has 4 aromatic rings. The summed E-state index contributed by atoms with van der Waals surface area (Å²) in [5, 5.41) is 15.1. The number of benzene rings is 1. The van der Waals surface area contributed by atoms with E-state index in [2.05, 4.69) is 41.9 Å². The Morgan fingerprint density at radius 2 is 1.93 bits per heavy atom. The minimum absolute atomic E-state index is 0.605. The first-order valence-electron chi connectivity index (χ1n) is 9.65. The molecule has 2 fully saturated rings. The molecule has 1 saturated carbocycles. The summed E-state index contributed by atoms with van der Waals surface area (Å²) >= 11 is 1.68. The van der Waals surface area contributed by atoms with E-state index in [-0.39, 0.29) is 0 Å². The van der Waals surface area contributed by atoms with E-state index in [4.69, 9.17) is 10.1 Å². The summed E-state index contributed by atoms with van der Waals surface area (Å²) in [6.45, 7) is 4.48. The molecule has 0 bridgehead atoms. The van der Waals surface area contributed by atoms with Crippen LogP contribution in [-0.4, -0.2) is 37.5 Å². The highest BCUT2D eigenvalue weighted by Gasteiger charge is 2.38. The van der Waals surface area contributed by atoms with Gasteiger partial charge < -0.3 is 5.32 Å². The van der Waals surface area contributed by atoms with Crippen molar-refractivity contribution in [1.29, 1.82) is 0 Å². The molecule has 2 atom stereocenters. The Labute approximate surface area is 161 Å². The highest BCUT2D eigenvalue weighted by Crippen LogP contribution is 2.44. The largest absolute Gasteiger partial charge is 0.316 e. The lowest BCUT2D eigenvalue weighted by Crippen LogP contribution is -2.11. The molecule has 138 valence electrons. The van der Waals surface area contributed by atoms with Crippen LogP contribution >= 0.6 is 11.3 Å². The molecule has 1 aromatic carbocycles. The molecule has 1 aliphatic heterocycles. The Hall–Kier alpha value is -2.25. The number of fused-ring (bicyclic) bond motifs is 3. The van der Waals surface area contributed by atoms with Gasteiger partial charge >= 0.3 is 0 Å². The number of aromatic nitrogens is 5. The summed E-state index contributed by atoms with van der Waals surface area (Å²) in [7, 11) is 1.96. The van der Waals surface area contributed by atoms with Crippen LogP contribution in [0.5, 0.6) is 0 Å². The zero-order chi connectivity index (χ0) is 18.1. The normalized spacial score (nSPS) is 23.0. The molecule has 0 spiro atoms. The van der Waals surface area contributed by atoms with Gasteiger partial charge in [0.2, 0.25) is 4.96 Å². The molecule has 27 heavy (non-hydrogen) atoms. The fourth-order valence-electron chi connectivity index (χ4n) is 4.99. The Morgan fingerprint density at radius 1 is 1.11 bits per heavy atom. The van der Waals surface area contributed by atoms with Crippen LogP contribution in [0.3, 0.4) is 0 Å². The molecule has 6 rings (SSSR count). The third kappa shape index (κ3) is 2.45. The molecule has 0 radical (unpaired) electrons. The fourth-order valence-corrected chi connectivity index (χ4v) is 5.87. The molecular formula is C20H22N6S. The standard InChI is InChI=1S/C20H22N6S/c1-11-3-13(6-16-9-25(2)23-18(11)16)19-24-26-10-17(22-20(26)27-19)12-4-14-7-21-8-15(14)5-12/h3,6,9-10,12,14-15,21H,4-5,7-8H2,1-2H3/t14-,15-/m1/s1. The minimum atomic E-state index is 0.605. The smallest absolute Gasteiger partial charge is 0.212 e. The van der Waals surface area contributed by atoms with Gasteiger partial charge in [0.25, 0.3) is 0 Å². The number of nitrogens with one attached hydrogen (secondary N) is 1. The zero-order valence-electron chi connectivity index (χ0n) is 15.5. The van der Waals surface area contributed by atoms with Gasteiger partial charge in [-0.05, 0) is 62.4 Å². The molecule has 2 aliphatic rings. The van der Waals surface area contributed by atoms with Gasteiger partial charge in [-0.2, -0.15) is 10.2 Å². The maximum absolute atomic E-state index is 4.94. The molecule has 0 unspecified atom stereocenters. The molecule has 3 aromatic heterocycles. The first-order chi connectivity index (χ1) is 13.1. The molecule has 1 saturated heterocycles. The Morgan fingerprint density at radius 3 is 2.70 bits per heavy atom. The van der Waals surface area contributed by atoms with Crippen LogP contribution in [0.4, 0.5) is 0 Å². The summed E-state index contributed by atoms with van der Waals surface area (Å²) in [6.07, 6.45) is 6.76. The van der Waals surface area contributed by atoms with Crippen molar-refractivity contribution in [2.75, 3.05) is 13.1 Å². The predicted molar refractivity (Wildman–Crippen MR) is 107 cm³/mol. The molecule has 1 N–H and O–H groups in total. The van der Waals surface area contributed by atoms with E-state index >= 15 is 0 Å². The lowest BCUT2D eigenvalue weighted by molar-refractivity contribution is 0.494. The summed E-state index contributed by atoms with van der Waals surface area (Å²) in [4.78, 5) is 5.94. The van der Waals surface area contributed by atoms with Gasteiger partial charge in [-0.3, -0.25) is 4.68 Å². The molecule has 1 aliphatic carbocycles. The van der Waals surface area contributed by atoms with Crippen LogP contribution in [0.25, 0.3) is 26.4 Å². The lowest BCUT2D eigenvalue weighted by atomic mass is 10.0. The second-order valence-corrected chi connectivity index (χ2v) is 9.14. The molecule has 6 nitrogen and oxygen atoms in total. The van der Waals surface area contributed by atoms with E-state index in [1.807, 2.05) is 16.2 Å². The van der Waals surface area contributed by atoms with Gasteiger partial charge in [0.15, 0.2) is 0 Å². The van der Waals surface area contributed by atoms with Gasteiger partial charge in [-0.15, -0.1) is 0 Å². The first kappa shape index (κ1) is 15.8.